The summed E-state index contributed by atoms with van der Waals surface area (Å²) < 4.78 is 0. The fraction of sp³-hybridized carbons (Fsp3) is 0.938. The summed E-state index contributed by atoms with van der Waals surface area (Å²) in [6, 6.07) is 1.13. The highest BCUT2D eigenvalue weighted by molar-refractivity contribution is 14.0. The summed E-state index contributed by atoms with van der Waals surface area (Å²) in [7, 11) is 1.87. The summed E-state index contributed by atoms with van der Waals surface area (Å²) in [5, 5.41) is 7.09. The van der Waals surface area contributed by atoms with Gasteiger partial charge in [-0.05, 0) is 19.8 Å². The van der Waals surface area contributed by atoms with Crippen LogP contribution in [0.1, 0.15) is 20.8 Å². The second-order valence-electron chi connectivity index (χ2n) is 6.73. The number of aliphatic imine (C=N–C) groups is 1. The van der Waals surface area contributed by atoms with Crippen molar-refractivity contribution in [1.29, 1.82) is 0 Å². The van der Waals surface area contributed by atoms with Gasteiger partial charge in [0.2, 0.25) is 0 Å². The van der Waals surface area contributed by atoms with Crippen molar-refractivity contribution in [3.63, 3.8) is 0 Å². The van der Waals surface area contributed by atoms with Crippen LogP contribution in [0.2, 0.25) is 0 Å². The lowest BCUT2D eigenvalue weighted by atomic mass is 10.1. The Morgan fingerprint density at radius 2 is 1.96 bits per heavy atom. The number of nitrogens with zero attached hydrogens (tertiary/aromatic N) is 3. The minimum Gasteiger partial charge on any atom is -0.355 e. The first-order valence-electron chi connectivity index (χ1n) is 8.61. The summed E-state index contributed by atoms with van der Waals surface area (Å²) in [4.78, 5) is 9.47. The van der Waals surface area contributed by atoms with E-state index in [2.05, 4.69) is 58.0 Å². The maximum atomic E-state index is 4.39. The third-order valence-corrected chi connectivity index (χ3v) is 5.68. The van der Waals surface area contributed by atoms with Crippen molar-refractivity contribution < 1.29 is 0 Å². The SMILES string of the molecule is CN=C(NCCN1CCSCC1)NC1CN(C(C)C)CC1C.I. The lowest BCUT2D eigenvalue weighted by Gasteiger charge is -2.27. The van der Waals surface area contributed by atoms with Gasteiger partial charge >= 0.3 is 0 Å². The van der Waals surface area contributed by atoms with Gasteiger partial charge in [-0.1, -0.05) is 6.92 Å². The second kappa shape index (κ2) is 11.0. The van der Waals surface area contributed by atoms with E-state index in [1.165, 1.54) is 31.1 Å². The number of hydrogen-bond donors (Lipinski definition) is 2. The zero-order valence-corrected chi connectivity index (χ0v) is 18.2. The molecule has 7 heteroatoms. The fourth-order valence-electron chi connectivity index (χ4n) is 3.14. The highest BCUT2D eigenvalue weighted by Gasteiger charge is 2.31. The molecule has 0 radical (unpaired) electrons. The molecule has 0 bridgehead atoms. The van der Waals surface area contributed by atoms with Gasteiger partial charge in [0, 0.05) is 69.9 Å². The molecule has 2 aliphatic rings. The highest BCUT2D eigenvalue weighted by atomic mass is 127. The van der Waals surface area contributed by atoms with Crippen molar-refractivity contribution >= 4 is 41.7 Å². The summed E-state index contributed by atoms with van der Waals surface area (Å²) in [6.45, 7) is 13.7. The molecule has 2 heterocycles. The maximum Gasteiger partial charge on any atom is 0.191 e. The molecule has 2 atom stereocenters. The van der Waals surface area contributed by atoms with Crippen LogP contribution in [-0.2, 0) is 0 Å². The molecule has 23 heavy (non-hydrogen) atoms. The molecule has 0 aromatic rings. The molecular weight excluding hydrogens is 421 g/mol. The van der Waals surface area contributed by atoms with Gasteiger partial charge in [-0.25, -0.2) is 0 Å². The number of rotatable bonds is 5. The molecule has 5 nitrogen and oxygen atoms in total. The van der Waals surface area contributed by atoms with Crippen LogP contribution in [-0.4, -0.2) is 85.7 Å². The van der Waals surface area contributed by atoms with E-state index in [0.717, 1.165) is 25.6 Å². The van der Waals surface area contributed by atoms with Gasteiger partial charge in [-0.2, -0.15) is 11.8 Å². The number of halogens is 1. The Bertz CT molecular complexity index is 360. The van der Waals surface area contributed by atoms with Crippen molar-refractivity contribution in [2.75, 3.05) is 57.8 Å². The Morgan fingerprint density at radius 1 is 1.26 bits per heavy atom. The maximum absolute atomic E-state index is 4.39. The third-order valence-electron chi connectivity index (χ3n) is 4.74. The van der Waals surface area contributed by atoms with E-state index in [1.807, 2.05) is 7.05 Å². The Morgan fingerprint density at radius 3 is 2.52 bits per heavy atom. The van der Waals surface area contributed by atoms with Gasteiger partial charge in [-0.3, -0.25) is 14.8 Å². The molecule has 2 rings (SSSR count). The first-order valence-corrected chi connectivity index (χ1v) is 9.77. The van der Waals surface area contributed by atoms with Gasteiger partial charge in [0.15, 0.2) is 5.96 Å². The molecule has 0 amide bonds. The molecule has 0 aliphatic carbocycles. The van der Waals surface area contributed by atoms with Crippen LogP contribution in [0.25, 0.3) is 0 Å². The third kappa shape index (κ3) is 6.96. The molecule has 136 valence electrons. The first kappa shape index (κ1) is 21.3. The average Bonchev–Trinajstić information content (AvgIpc) is 2.88. The predicted octanol–water partition coefficient (Wildman–Crippen LogP) is 1.55. The van der Waals surface area contributed by atoms with Crippen LogP contribution in [0.15, 0.2) is 4.99 Å². The minimum absolute atomic E-state index is 0. The molecular formula is C16H34IN5S. The summed E-state index contributed by atoms with van der Waals surface area (Å²) >= 11 is 2.06. The molecule has 2 fully saturated rings. The van der Waals surface area contributed by atoms with Crippen molar-refractivity contribution in [1.82, 2.24) is 20.4 Å². The van der Waals surface area contributed by atoms with Gasteiger partial charge in [0.05, 0.1) is 0 Å². The summed E-state index contributed by atoms with van der Waals surface area (Å²) in [5.74, 6) is 4.17. The Kier molecular flexibility index (Phi) is 10.2. The highest BCUT2D eigenvalue weighted by Crippen LogP contribution is 2.18. The van der Waals surface area contributed by atoms with E-state index >= 15 is 0 Å². The zero-order valence-electron chi connectivity index (χ0n) is 15.0. The number of hydrogen-bond acceptors (Lipinski definition) is 4. The quantitative estimate of drug-likeness (QED) is 0.374. The number of thioether (sulfide) groups is 1. The van der Waals surface area contributed by atoms with Gasteiger partial charge in [0.1, 0.15) is 0 Å². The van der Waals surface area contributed by atoms with Crippen LogP contribution in [0.5, 0.6) is 0 Å². The van der Waals surface area contributed by atoms with Gasteiger partial charge in [-0.15, -0.1) is 24.0 Å². The van der Waals surface area contributed by atoms with Gasteiger partial charge < -0.3 is 10.6 Å². The van der Waals surface area contributed by atoms with E-state index in [0.29, 0.717) is 18.0 Å². The average molecular weight is 455 g/mol. The van der Waals surface area contributed by atoms with E-state index in [1.54, 1.807) is 0 Å². The molecule has 2 N–H and O–H groups in total. The van der Waals surface area contributed by atoms with E-state index < -0.39 is 0 Å². The zero-order chi connectivity index (χ0) is 15.9. The standard InChI is InChI=1S/C16H33N5S.HI/c1-13(2)21-11-14(3)15(12-21)19-16(17-4)18-5-6-20-7-9-22-10-8-20;/h13-15H,5-12H2,1-4H3,(H2,17,18,19);1H. The predicted molar refractivity (Wildman–Crippen MR) is 113 cm³/mol. The Balaban J connectivity index is 0.00000264. The first-order chi connectivity index (χ1) is 10.6. The van der Waals surface area contributed by atoms with Crippen LogP contribution in [0.3, 0.4) is 0 Å². The van der Waals surface area contributed by atoms with Crippen LogP contribution in [0.4, 0.5) is 0 Å². The van der Waals surface area contributed by atoms with Crippen LogP contribution < -0.4 is 10.6 Å². The Hall–Kier alpha value is 0.270. The van der Waals surface area contributed by atoms with Crippen molar-refractivity contribution in [3.8, 4) is 0 Å². The monoisotopic (exact) mass is 455 g/mol. The van der Waals surface area contributed by atoms with Crippen molar-refractivity contribution in [3.05, 3.63) is 0 Å². The molecule has 2 saturated heterocycles. The van der Waals surface area contributed by atoms with E-state index in [-0.39, 0.29) is 24.0 Å². The van der Waals surface area contributed by atoms with Gasteiger partial charge in [0.25, 0.3) is 0 Å². The Labute approximate surface area is 163 Å². The molecule has 0 aromatic heterocycles. The van der Waals surface area contributed by atoms with Crippen molar-refractivity contribution in [2.24, 2.45) is 10.9 Å². The number of guanidine groups is 1. The van der Waals surface area contributed by atoms with Crippen molar-refractivity contribution in [2.45, 2.75) is 32.9 Å². The lowest BCUT2D eigenvalue weighted by molar-refractivity contribution is 0.265. The molecule has 0 spiro atoms. The minimum atomic E-state index is 0. The molecule has 0 aromatic carbocycles. The fourth-order valence-corrected chi connectivity index (χ4v) is 4.12. The normalized spacial score (nSPS) is 27.1. The summed E-state index contributed by atoms with van der Waals surface area (Å²) in [5.41, 5.74) is 0. The molecule has 2 unspecified atom stereocenters. The second-order valence-corrected chi connectivity index (χ2v) is 7.95. The number of likely N-dealkylation sites (tertiary alicyclic amines) is 1. The largest absolute Gasteiger partial charge is 0.355 e. The molecule has 2 aliphatic heterocycles. The topological polar surface area (TPSA) is 42.9 Å². The lowest BCUT2D eigenvalue weighted by Crippen LogP contribution is -2.48. The summed E-state index contributed by atoms with van der Waals surface area (Å²) in [6.07, 6.45) is 0. The smallest absolute Gasteiger partial charge is 0.191 e. The van der Waals surface area contributed by atoms with E-state index in [9.17, 15) is 0 Å². The van der Waals surface area contributed by atoms with E-state index in [4.69, 9.17) is 0 Å². The number of nitrogens with one attached hydrogen (secondary N) is 2. The van der Waals surface area contributed by atoms with Crippen LogP contribution in [0, 0.1) is 5.92 Å². The molecule has 0 saturated carbocycles. The van der Waals surface area contributed by atoms with Crippen LogP contribution >= 0.6 is 35.7 Å².